The van der Waals surface area contributed by atoms with Crippen LogP contribution in [0.5, 0.6) is 0 Å². The first-order valence-corrected chi connectivity index (χ1v) is 5.49. The van der Waals surface area contributed by atoms with Crippen LogP contribution in [-0.2, 0) is 12.4 Å². The molecule has 0 aliphatic carbocycles. The molecule has 1 aromatic heterocycles. The molecule has 0 unspecified atom stereocenters. The molecule has 21 heavy (non-hydrogen) atoms. The third-order valence-corrected chi connectivity index (χ3v) is 2.69. The molecule has 0 amide bonds. The molecule has 0 atom stereocenters. The summed E-state index contributed by atoms with van der Waals surface area (Å²) in [5.74, 6) is -1.19. The SMILES string of the molecule is Fc1ncc(C(F)(F)F)cc1-c1ccc(C(F)(F)F)cc1. The zero-order valence-electron chi connectivity index (χ0n) is 10.1. The van der Waals surface area contributed by atoms with Gasteiger partial charge < -0.3 is 0 Å². The van der Waals surface area contributed by atoms with Crippen LogP contribution in [0.15, 0.2) is 36.5 Å². The molecule has 0 saturated heterocycles. The van der Waals surface area contributed by atoms with Gasteiger partial charge in [-0.2, -0.15) is 30.7 Å². The van der Waals surface area contributed by atoms with Gasteiger partial charge in [-0.15, -0.1) is 0 Å². The lowest BCUT2D eigenvalue weighted by atomic mass is 10.0. The van der Waals surface area contributed by atoms with Gasteiger partial charge in [-0.3, -0.25) is 0 Å². The van der Waals surface area contributed by atoms with Crippen molar-refractivity contribution < 1.29 is 30.7 Å². The van der Waals surface area contributed by atoms with E-state index in [1.807, 2.05) is 0 Å². The van der Waals surface area contributed by atoms with Gasteiger partial charge in [-0.1, -0.05) is 12.1 Å². The van der Waals surface area contributed by atoms with E-state index in [9.17, 15) is 30.7 Å². The minimum absolute atomic E-state index is 0.126. The average Bonchev–Trinajstić information content (AvgIpc) is 2.37. The summed E-state index contributed by atoms with van der Waals surface area (Å²) in [7, 11) is 0. The van der Waals surface area contributed by atoms with Gasteiger partial charge in [-0.05, 0) is 23.8 Å². The highest BCUT2D eigenvalue weighted by atomic mass is 19.4. The van der Waals surface area contributed by atoms with Crippen LogP contribution in [0.4, 0.5) is 30.7 Å². The van der Waals surface area contributed by atoms with Crippen molar-refractivity contribution in [1.29, 1.82) is 0 Å². The van der Waals surface area contributed by atoms with Crippen molar-refractivity contribution in [3.05, 3.63) is 53.6 Å². The summed E-state index contributed by atoms with van der Waals surface area (Å²) >= 11 is 0. The molecule has 0 N–H and O–H groups in total. The Hall–Kier alpha value is -2.12. The lowest BCUT2D eigenvalue weighted by Gasteiger charge is -2.10. The minimum Gasteiger partial charge on any atom is -0.227 e. The second kappa shape index (κ2) is 5.01. The molecule has 112 valence electrons. The Labute approximate surface area is 114 Å². The van der Waals surface area contributed by atoms with Gasteiger partial charge in [-0.25, -0.2) is 4.98 Å². The zero-order valence-corrected chi connectivity index (χ0v) is 10.1. The number of alkyl halides is 6. The second-order valence-corrected chi connectivity index (χ2v) is 4.14. The Morgan fingerprint density at radius 1 is 0.762 bits per heavy atom. The Bertz CT molecular complexity index is 641. The maximum absolute atomic E-state index is 13.5. The van der Waals surface area contributed by atoms with E-state index in [0.717, 1.165) is 12.1 Å². The van der Waals surface area contributed by atoms with Crippen LogP contribution >= 0.6 is 0 Å². The van der Waals surface area contributed by atoms with Crippen LogP contribution in [0.2, 0.25) is 0 Å². The molecule has 1 nitrogen and oxygen atoms in total. The lowest BCUT2D eigenvalue weighted by molar-refractivity contribution is -0.138. The van der Waals surface area contributed by atoms with Crippen molar-refractivity contribution in [2.45, 2.75) is 12.4 Å². The van der Waals surface area contributed by atoms with E-state index in [4.69, 9.17) is 0 Å². The van der Waals surface area contributed by atoms with E-state index in [1.54, 1.807) is 0 Å². The van der Waals surface area contributed by atoms with Crippen molar-refractivity contribution in [1.82, 2.24) is 4.98 Å². The van der Waals surface area contributed by atoms with Crippen molar-refractivity contribution in [2.75, 3.05) is 0 Å². The number of hydrogen-bond acceptors (Lipinski definition) is 1. The molecule has 8 heteroatoms. The highest BCUT2D eigenvalue weighted by Crippen LogP contribution is 2.34. The number of rotatable bonds is 1. The molecule has 1 aromatic carbocycles. The molecule has 2 aromatic rings. The quantitative estimate of drug-likeness (QED) is 0.538. The van der Waals surface area contributed by atoms with E-state index in [1.165, 1.54) is 0 Å². The number of pyridine rings is 1. The Balaban J connectivity index is 2.47. The summed E-state index contributed by atoms with van der Waals surface area (Å²) in [4.78, 5) is 2.98. The number of benzene rings is 1. The lowest BCUT2D eigenvalue weighted by Crippen LogP contribution is -2.07. The molecule has 0 aliphatic heterocycles. The average molecular weight is 309 g/mol. The first-order chi connectivity index (χ1) is 9.59. The van der Waals surface area contributed by atoms with Crippen molar-refractivity contribution >= 4 is 0 Å². The molecular weight excluding hydrogens is 303 g/mol. The maximum atomic E-state index is 13.5. The molecule has 2 rings (SSSR count). The smallest absolute Gasteiger partial charge is 0.227 e. The summed E-state index contributed by atoms with van der Waals surface area (Å²) in [5, 5.41) is 0. The zero-order chi connectivity index (χ0) is 15.8. The van der Waals surface area contributed by atoms with Crippen LogP contribution < -0.4 is 0 Å². The van der Waals surface area contributed by atoms with Gasteiger partial charge in [0.1, 0.15) is 0 Å². The van der Waals surface area contributed by atoms with Crippen molar-refractivity contribution in [3.8, 4) is 11.1 Å². The predicted molar refractivity (Wildman–Crippen MR) is 59.6 cm³/mol. The van der Waals surface area contributed by atoms with E-state index in [-0.39, 0.29) is 5.56 Å². The van der Waals surface area contributed by atoms with Gasteiger partial charge in [0.05, 0.1) is 11.1 Å². The molecule has 0 spiro atoms. The Morgan fingerprint density at radius 3 is 1.76 bits per heavy atom. The first kappa shape index (κ1) is 15.3. The molecule has 0 saturated carbocycles. The van der Waals surface area contributed by atoms with E-state index < -0.39 is 35.0 Å². The summed E-state index contributed by atoms with van der Waals surface area (Å²) in [5.41, 5.74) is -2.80. The summed E-state index contributed by atoms with van der Waals surface area (Å²) in [6, 6.07) is 3.61. The summed E-state index contributed by atoms with van der Waals surface area (Å²) < 4.78 is 88.2. The highest BCUT2D eigenvalue weighted by Gasteiger charge is 2.32. The molecule has 1 heterocycles. The molecule has 0 bridgehead atoms. The molecule has 0 fully saturated rings. The number of halogens is 7. The summed E-state index contributed by atoms with van der Waals surface area (Å²) in [6.07, 6.45) is -8.98. The standard InChI is InChI=1S/C13H6F7N/c14-11-10(5-9(6-21-11)13(18,19)20)7-1-3-8(4-2-7)12(15,16)17/h1-6H. The van der Waals surface area contributed by atoms with Gasteiger partial charge in [0, 0.05) is 11.8 Å². The fourth-order valence-corrected chi connectivity index (χ4v) is 1.64. The third kappa shape index (κ3) is 3.32. The summed E-state index contributed by atoms with van der Waals surface area (Å²) in [6.45, 7) is 0. The van der Waals surface area contributed by atoms with Crippen LogP contribution in [0, 0.1) is 5.95 Å². The van der Waals surface area contributed by atoms with E-state index >= 15 is 0 Å². The largest absolute Gasteiger partial charge is 0.417 e. The third-order valence-electron chi connectivity index (χ3n) is 2.69. The van der Waals surface area contributed by atoms with Crippen LogP contribution in [-0.4, -0.2) is 4.98 Å². The minimum atomic E-state index is -4.72. The monoisotopic (exact) mass is 309 g/mol. The maximum Gasteiger partial charge on any atom is 0.417 e. The highest BCUT2D eigenvalue weighted by molar-refractivity contribution is 5.64. The van der Waals surface area contributed by atoms with Gasteiger partial charge in [0.15, 0.2) is 0 Å². The Morgan fingerprint density at radius 2 is 1.29 bits per heavy atom. The van der Waals surface area contributed by atoms with Crippen LogP contribution in [0.3, 0.4) is 0 Å². The van der Waals surface area contributed by atoms with E-state index in [0.29, 0.717) is 24.4 Å². The van der Waals surface area contributed by atoms with E-state index in [2.05, 4.69) is 4.98 Å². The predicted octanol–water partition coefficient (Wildman–Crippen LogP) is 4.93. The van der Waals surface area contributed by atoms with Gasteiger partial charge in [0.25, 0.3) is 0 Å². The second-order valence-electron chi connectivity index (χ2n) is 4.14. The fourth-order valence-electron chi connectivity index (χ4n) is 1.64. The fraction of sp³-hybridized carbons (Fsp3) is 0.154. The number of hydrogen-bond donors (Lipinski definition) is 0. The van der Waals surface area contributed by atoms with Gasteiger partial charge >= 0.3 is 12.4 Å². The topological polar surface area (TPSA) is 12.9 Å². The van der Waals surface area contributed by atoms with Gasteiger partial charge in [0.2, 0.25) is 5.95 Å². The molecular formula is C13H6F7N. The number of nitrogens with zero attached hydrogens (tertiary/aromatic N) is 1. The van der Waals surface area contributed by atoms with Crippen molar-refractivity contribution in [3.63, 3.8) is 0 Å². The molecule has 0 aliphatic rings. The first-order valence-electron chi connectivity index (χ1n) is 5.49. The molecule has 0 radical (unpaired) electrons. The van der Waals surface area contributed by atoms with Crippen LogP contribution in [0.25, 0.3) is 11.1 Å². The van der Waals surface area contributed by atoms with Crippen molar-refractivity contribution in [2.24, 2.45) is 0 Å². The van der Waals surface area contributed by atoms with Crippen LogP contribution in [0.1, 0.15) is 11.1 Å². The normalized spacial score (nSPS) is 12.5. The number of aromatic nitrogens is 1. The Kier molecular flexibility index (Phi) is 3.65.